The minimum absolute atomic E-state index is 0.448. The minimum Gasteiger partial charge on any atom is -0.389 e. The summed E-state index contributed by atoms with van der Waals surface area (Å²) in [6, 6.07) is 0. The molecular formula is C5H7NOS. The van der Waals surface area contributed by atoms with Crippen LogP contribution in [0.3, 0.4) is 0 Å². The first-order chi connectivity index (χ1) is 3.77. The zero-order chi connectivity index (χ0) is 6.41. The van der Waals surface area contributed by atoms with Crippen molar-refractivity contribution in [1.82, 2.24) is 0 Å². The smallest absolute Gasteiger partial charge is 0.137 e. The Morgan fingerprint density at radius 1 is 1.88 bits per heavy atom. The summed E-state index contributed by atoms with van der Waals surface area (Å²) in [7, 11) is 0. The molecule has 0 fully saturated rings. The average molecular weight is 129 g/mol. The molecule has 0 unspecified atom stereocenters. The van der Waals surface area contributed by atoms with Gasteiger partial charge in [0.1, 0.15) is 5.40 Å². The Morgan fingerprint density at radius 2 is 2.50 bits per heavy atom. The quantitative estimate of drug-likeness (QED) is 0.568. The van der Waals surface area contributed by atoms with Gasteiger partial charge in [0.15, 0.2) is 0 Å². The molecule has 3 heteroatoms. The van der Waals surface area contributed by atoms with E-state index in [0.717, 1.165) is 11.8 Å². The second-order valence-corrected chi connectivity index (χ2v) is 1.97. The molecule has 8 heavy (non-hydrogen) atoms. The maximum Gasteiger partial charge on any atom is 0.137 e. The fourth-order valence-corrected chi connectivity index (χ4v) is 0.550. The van der Waals surface area contributed by atoms with Gasteiger partial charge in [-0.15, -0.1) is 0 Å². The molecule has 0 saturated heterocycles. The first kappa shape index (κ1) is 7.54. The van der Waals surface area contributed by atoms with E-state index in [1.165, 1.54) is 0 Å². The van der Waals surface area contributed by atoms with Crippen LogP contribution >= 0.6 is 11.8 Å². The molecule has 44 valence electrons. The topological polar surface area (TPSA) is 44.0 Å². The molecule has 0 spiro atoms. The summed E-state index contributed by atoms with van der Waals surface area (Å²) in [6.07, 6.45) is 1.10. The Kier molecular flexibility index (Phi) is 4.42. The number of thioether (sulfide) groups is 1. The van der Waals surface area contributed by atoms with Crippen LogP contribution in [-0.2, 0) is 0 Å². The fraction of sp³-hybridized carbons (Fsp3) is 0.400. The van der Waals surface area contributed by atoms with Crippen molar-refractivity contribution < 1.29 is 5.11 Å². The van der Waals surface area contributed by atoms with Gasteiger partial charge in [-0.05, 0) is 30.2 Å². The van der Waals surface area contributed by atoms with E-state index >= 15 is 0 Å². The van der Waals surface area contributed by atoms with Gasteiger partial charge in [-0.2, -0.15) is 5.26 Å². The van der Waals surface area contributed by atoms with E-state index in [-0.39, 0.29) is 0 Å². The summed E-state index contributed by atoms with van der Waals surface area (Å²) >= 11 is 1.00. The van der Waals surface area contributed by atoms with Crippen LogP contribution in [0.5, 0.6) is 0 Å². The number of thiocyanates is 1. The zero-order valence-electron chi connectivity index (χ0n) is 4.53. The fourth-order valence-electron chi connectivity index (χ4n) is 0.183. The van der Waals surface area contributed by atoms with Gasteiger partial charge in [0.05, 0.1) is 6.10 Å². The lowest BCUT2D eigenvalue weighted by molar-refractivity contribution is 0.244. The van der Waals surface area contributed by atoms with Crippen molar-refractivity contribution in [2.45, 2.75) is 13.0 Å². The Morgan fingerprint density at radius 3 is 2.88 bits per heavy atom. The number of rotatable bonds is 2. The second-order valence-electron chi connectivity index (χ2n) is 1.28. The van der Waals surface area contributed by atoms with E-state index in [1.54, 1.807) is 18.4 Å². The number of aliphatic hydroxyl groups is 1. The second kappa shape index (κ2) is 4.69. The monoisotopic (exact) mass is 129 g/mol. The SMILES string of the molecule is C[C@H](O)C=CSC#N. The maximum absolute atomic E-state index is 8.57. The molecule has 0 aliphatic carbocycles. The van der Waals surface area contributed by atoms with E-state index in [4.69, 9.17) is 10.4 Å². The Labute approximate surface area is 52.8 Å². The number of nitrogens with zero attached hydrogens (tertiary/aromatic N) is 1. The highest BCUT2D eigenvalue weighted by molar-refractivity contribution is 8.06. The highest BCUT2D eigenvalue weighted by Gasteiger charge is 1.81. The van der Waals surface area contributed by atoms with Crippen LogP contribution in [-0.4, -0.2) is 11.2 Å². The molecule has 0 aliphatic heterocycles. The summed E-state index contributed by atoms with van der Waals surface area (Å²) in [6.45, 7) is 1.63. The Hall–Kier alpha value is -0.460. The lowest BCUT2D eigenvalue weighted by Gasteiger charge is -1.87. The highest BCUT2D eigenvalue weighted by atomic mass is 32.2. The third-order valence-electron chi connectivity index (χ3n) is 0.478. The van der Waals surface area contributed by atoms with Gasteiger partial charge in [-0.25, -0.2) is 0 Å². The average Bonchev–Trinajstić information content (AvgIpc) is 1.66. The molecule has 0 aromatic heterocycles. The zero-order valence-corrected chi connectivity index (χ0v) is 5.35. The molecule has 0 aromatic rings. The van der Waals surface area contributed by atoms with Crippen LogP contribution in [0.2, 0.25) is 0 Å². The molecule has 0 aliphatic rings. The van der Waals surface area contributed by atoms with Crippen LogP contribution in [0.1, 0.15) is 6.92 Å². The molecule has 0 amide bonds. The van der Waals surface area contributed by atoms with Crippen molar-refractivity contribution >= 4 is 11.8 Å². The normalized spacial score (nSPS) is 13.6. The van der Waals surface area contributed by atoms with E-state index in [0.29, 0.717) is 0 Å². The van der Waals surface area contributed by atoms with Crippen molar-refractivity contribution in [2.75, 3.05) is 0 Å². The van der Waals surface area contributed by atoms with Crippen molar-refractivity contribution in [3.63, 3.8) is 0 Å². The molecule has 0 radical (unpaired) electrons. The van der Waals surface area contributed by atoms with E-state index < -0.39 is 6.10 Å². The number of hydrogen-bond donors (Lipinski definition) is 1. The Balaban J connectivity index is 3.23. The molecule has 1 atom stereocenters. The Bertz CT molecular complexity index is 114. The van der Waals surface area contributed by atoms with E-state index in [2.05, 4.69) is 0 Å². The predicted octanol–water partition coefficient (Wildman–Crippen LogP) is 1.10. The van der Waals surface area contributed by atoms with Gasteiger partial charge in [-0.3, -0.25) is 0 Å². The highest BCUT2D eigenvalue weighted by Crippen LogP contribution is 1.97. The summed E-state index contributed by atoms with van der Waals surface area (Å²) in [5.41, 5.74) is 0. The molecule has 0 saturated carbocycles. The first-order valence-electron chi connectivity index (χ1n) is 2.17. The summed E-state index contributed by atoms with van der Waals surface area (Å²) in [5.74, 6) is 0. The predicted molar refractivity (Wildman–Crippen MR) is 34.0 cm³/mol. The summed E-state index contributed by atoms with van der Waals surface area (Å²) in [4.78, 5) is 0. The first-order valence-corrected chi connectivity index (χ1v) is 3.05. The maximum atomic E-state index is 8.57. The van der Waals surface area contributed by atoms with Crippen LogP contribution in [0.4, 0.5) is 0 Å². The lowest BCUT2D eigenvalue weighted by atomic mass is 10.4. The molecule has 1 N–H and O–H groups in total. The van der Waals surface area contributed by atoms with Gasteiger partial charge in [0, 0.05) is 0 Å². The van der Waals surface area contributed by atoms with Crippen LogP contribution in [0, 0.1) is 10.7 Å². The minimum atomic E-state index is -0.448. The van der Waals surface area contributed by atoms with E-state index in [1.807, 2.05) is 5.40 Å². The third kappa shape index (κ3) is 5.54. The largest absolute Gasteiger partial charge is 0.389 e. The summed E-state index contributed by atoms with van der Waals surface area (Å²) < 4.78 is 0. The van der Waals surface area contributed by atoms with Gasteiger partial charge in [-0.1, -0.05) is 0 Å². The number of aliphatic hydroxyl groups excluding tert-OH is 1. The van der Waals surface area contributed by atoms with Gasteiger partial charge >= 0.3 is 0 Å². The molecule has 0 heterocycles. The molecule has 2 nitrogen and oxygen atoms in total. The van der Waals surface area contributed by atoms with Crippen LogP contribution in [0.15, 0.2) is 11.5 Å². The van der Waals surface area contributed by atoms with Crippen LogP contribution in [0.25, 0.3) is 0 Å². The molecular weight excluding hydrogens is 122 g/mol. The summed E-state index contributed by atoms with van der Waals surface area (Å²) in [5, 5.41) is 19.9. The number of hydrogen-bond acceptors (Lipinski definition) is 3. The van der Waals surface area contributed by atoms with Crippen molar-refractivity contribution in [1.29, 1.82) is 5.26 Å². The van der Waals surface area contributed by atoms with E-state index in [9.17, 15) is 0 Å². The standard InChI is InChI=1S/C5H7NOS/c1-5(7)2-3-8-4-6/h2-3,5,7H,1H3/t5-/m0/s1. The molecule has 0 aromatic carbocycles. The third-order valence-corrected chi connectivity index (χ3v) is 0.876. The van der Waals surface area contributed by atoms with Crippen molar-refractivity contribution in [3.05, 3.63) is 11.5 Å². The van der Waals surface area contributed by atoms with Gasteiger partial charge in [0.2, 0.25) is 0 Å². The van der Waals surface area contributed by atoms with Crippen molar-refractivity contribution in [2.24, 2.45) is 0 Å². The van der Waals surface area contributed by atoms with Crippen LogP contribution < -0.4 is 0 Å². The lowest BCUT2D eigenvalue weighted by Crippen LogP contribution is -1.90. The van der Waals surface area contributed by atoms with Gasteiger partial charge in [0.25, 0.3) is 0 Å². The van der Waals surface area contributed by atoms with Crippen molar-refractivity contribution in [3.8, 4) is 5.40 Å². The molecule has 0 rings (SSSR count). The molecule has 0 bridgehead atoms. The van der Waals surface area contributed by atoms with Gasteiger partial charge < -0.3 is 5.11 Å². The number of nitriles is 1.